The first-order valence-electron chi connectivity index (χ1n) is 5.39. The number of hydrogen-bond acceptors (Lipinski definition) is 5. The molecule has 1 saturated heterocycles. The summed E-state index contributed by atoms with van der Waals surface area (Å²) in [7, 11) is 0. The maximum atomic E-state index is 11.2. The number of likely N-dealkylation sites (tertiary alicyclic amines) is 1. The smallest absolute Gasteiger partial charge is 0.248 e. The van der Waals surface area contributed by atoms with E-state index >= 15 is 0 Å². The lowest BCUT2D eigenvalue weighted by Crippen LogP contribution is -2.39. The van der Waals surface area contributed by atoms with E-state index in [9.17, 15) is 4.79 Å². The maximum absolute atomic E-state index is 11.2. The molecule has 16 heavy (non-hydrogen) atoms. The van der Waals surface area contributed by atoms with Crippen LogP contribution in [0.1, 0.15) is 30.5 Å². The van der Waals surface area contributed by atoms with Gasteiger partial charge in [0.1, 0.15) is 6.61 Å². The fourth-order valence-electron chi connectivity index (χ4n) is 1.97. The number of aliphatic hydroxyl groups is 1. The molecule has 6 heteroatoms. The molecule has 0 aliphatic carbocycles. The van der Waals surface area contributed by atoms with Gasteiger partial charge in [0.15, 0.2) is 5.82 Å². The van der Waals surface area contributed by atoms with Crippen LogP contribution in [0.4, 0.5) is 0 Å². The number of aryl methyl sites for hydroxylation is 1. The van der Waals surface area contributed by atoms with Crippen molar-refractivity contribution in [2.75, 3.05) is 19.7 Å². The van der Waals surface area contributed by atoms with Gasteiger partial charge in [-0.25, -0.2) is 0 Å². The van der Waals surface area contributed by atoms with E-state index in [0.717, 1.165) is 18.7 Å². The summed E-state index contributed by atoms with van der Waals surface area (Å²) >= 11 is 0. The van der Waals surface area contributed by atoms with Crippen LogP contribution in [0.25, 0.3) is 0 Å². The maximum Gasteiger partial charge on any atom is 0.248 e. The first kappa shape index (κ1) is 11.1. The van der Waals surface area contributed by atoms with Crippen molar-refractivity contribution in [3.05, 3.63) is 11.7 Å². The number of rotatable bonds is 2. The SMILES string of the molecule is Cc1nc(C2CCN(C(=O)CO)CC2)no1. The van der Waals surface area contributed by atoms with Crippen molar-refractivity contribution in [2.24, 2.45) is 0 Å². The highest BCUT2D eigenvalue weighted by Gasteiger charge is 2.26. The van der Waals surface area contributed by atoms with Gasteiger partial charge in [-0.1, -0.05) is 5.16 Å². The molecule has 6 nitrogen and oxygen atoms in total. The molecule has 1 amide bonds. The highest BCUT2D eigenvalue weighted by atomic mass is 16.5. The Morgan fingerprint density at radius 3 is 2.75 bits per heavy atom. The molecule has 2 heterocycles. The van der Waals surface area contributed by atoms with Crippen LogP contribution in [0.2, 0.25) is 0 Å². The van der Waals surface area contributed by atoms with E-state index in [2.05, 4.69) is 10.1 Å². The van der Waals surface area contributed by atoms with Crippen molar-refractivity contribution in [2.45, 2.75) is 25.7 Å². The van der Waals surface area contributed by atoms with E-state index in [0.29, 0.717) is 19.0 Å². The Bertz CT molecular complexity index is 369. The molecule has 1 aromatic rings. The molecule has 0 aromatic carbocycles. The van der Waals surface area contributed by atoms with E-state index in [1.165, 1.54) is 0 Å². The lowest BCUT2D eigenvalue weighted by molar-refractivity contribution is -0.135. The second-order valence-corrected chi connectivity index (χ2v) is 3.98. The molecular weight excluding hydrogens is 210 g/mol. The molecule has 0 unspecified atom stereocenters. The zero-order valence-electron chi connectivity index (χ0n) is 9.22. The third-order valence-corrected chi connectivity index (χ3v) is 2.89. The molecular formula is C10H15N3O3. The predicted molar refractivity (Wildman–Crippen MR) is 54.7 cm³/mol. The van der Waals surface area contributed by atoms with E-state index < -0.39 is 6.61 Å². The summed E-state index contributed by atoms with van der Waals surface area (Å²) in [5, 5.41) is 12.6. The van der Waals surface area contributed by atoms with Crippen LogP contribution < -0.4 is 0 Å². The number of carbonyl (C=O) groups excluding carboxylic acids is 1. The summed E-state index contributed by atoms with van der Waals surface area (Å²) in [6, 6.07) is 0. The van der Waals surface area contributed by atoms with Crippen LogP contribution in [-0.4, -0.2) is 45.8 Å². The average molecular weight is 225 g/mol. The van der Waals surface area contributed by atoms with E-state index in [1.807, 2.05) is 0 Å². The standard InChI is InChI=1S/C10H15N3O3/c1-7-11-10(12-16-7)8-2-4-13(5-3-8)9(15)6-14/h8,14H,2-6H2,1H3. The summed E-state index contributed by atoms with van der Waals surface area (Å²) in [5.74, 6) is 1.36. The molecule has 1 fully saturated rings. The highest BCUT2D eigenvalue weighted by molar-refractivity contribution is 5.77. The van der Waals surface area contributed by atoms with E-state index in [-0.39, 0.29) is 11.8 Å². The van der Waals surface area contributed by atoms with Crippen molar-refractivity contribution in [1.82, 2.24) is 15.0 Å². The lowest BCUT2D eigenvalue weighted by Gasteiger charge is -2.30. The molecule has 1 N–H and O–H groups in total. The number of aliphatic hydroxyl groups excluding tert-OH is 1. The minimum Gasteiger partial charge on any atom is -0.387 e. The molecule has 88 valence electrons. The molecule has 1 aromatic heterocycles. The van der Waals surface area contributed by atoms with Gasteiger partial charge in [0.05, 0.1) is 0 Å². The highest BCUT2D eigenvalue weighted by Crippen LogP contribution is 2.25. The van der Waals surface area contributed by atoms with Crippen LogP contribution in [0.5, 0.6) is 0 Å². The van der Waals surface area contributed by atoms with Crippen LogP contribution in [-0.2, 0) is 4.79 Å². The Kier molecular flexibility index (Phi) is 3.19. The van der Waals surface area contributed by atoms with Crippen LogP contribution >= 0.6 is 0 Å². The second kappa shape index (κ2) is 4.61. The number of hydrogen-bond donors (Lipinski definition) is 1. The summed E-state index contributed by atoms with van der Waals surface area (Å²) < 4.78 is 4.93. The molecule has 2 rings (SSSR count). The zero-order chi connectivity index (χ0) is 11.5. The number of carbonyl (C=O) groups is 1. The molecule has 0 saturated carbocycles. The number of nitrogens with zero attached hydrogens (tertiary/aromatic N) is 3. The monoisotopic (exact) mass is 225 g/mol. The Hall–Kier alpha value is -1.43. The topological polar surface area (TPSA) is 79.5 Å². The van der Waals surface area contributed by atoms with Crippen molar-refractivity contribution in [1.29, 1.82) is 0 Å². The van der Waals surface area contributed by atoms with Gasteiger partial charge in [0.2, 0.25) is 11.8 Å². The van der Waals surface area contributed by atoms with Crippen LogP contribution in [0.3, 0.4) is 0 Å². The second-order valence-electron chi connectivity index (χ2n) is 3.98. The first-order valence-corrected chi connectivity index (χ1v) is 5.39. The number of piperidine rings is 1. The van der Waals surface area contributed by atoms with Crippen molar-refractivity contribution in [3.8, 4) is 0 Å². The minimum absolute atomic E-state index is 0.206. The summed E-state index contributed by atoms with van der Waals surface area (Å²) in [6.07, 6.45) is 1.65. The average Bonchev–Trinajstić information content (AvgIpc) is 2.75. The third-order valence-electron chi connectivity index (χ3n) is 2.89. The largest absolute Gasteiger partial charge is 0.387 e. The molecule has 0 spiro atoms. The number of aromatic nitrogens is 2. The van der Waals surface area contributed by atoms with Gasteiger partial charge in [-0.05, 0) is 12.8 Å². The Balaban J connectivity index is 1.92. The van der Waals surface area contributed by atoms with E-state index in [4.69, 9.17) is 9.63 Å². The van der Waals surface area contributed by atoms with Gasteiger partial charge in [0.25, 0.3) is 0 Å². The number of amides is 1. The third kappa shape index (κ3) is 2.21. The Labute approximate surface area is 93.2 Å². The minimum atomic E-state index is -0.411. The summed E-state index contributed by atoms with van der Waals surface area (Å²) in [4.78, 5) is 17.1. The van der Waals surface area contributed by atoms with Crippen molar-refractivity contribution < 1.29 is 14.4 Å². The fourth-order valence-corrected chi connectivity index (χ4v) is 1.97. The Morgan fingerprint density at radius 1 is 1.56 bits per heavy atom. The van der Waals surface area contributed by atoms with Gasteiger partial charge in [0, 0.05) is 25.9 Å². The van der Waals surface area contributed by atoms with Crippen LogP contribution in [0, 0.1) is 6.92 Å². The molecule has 1 aliphatic rings. The molecule has 0 radical (unpaired) electrons. The van der Waals surface area contributed by atoms with Gasteiger partial charge in [-0.15, -0.1) is 0 Å². The first-order chi connectivity index (χ1) is 7.70. The zero-order valence-corrected chi connectivity index (χ0v) is 9.22. The van der Waals surface area contributed by atoms with E-state index in [1.54, 1.807) is 11.8 Å². The normalized spacial score (nSPS) is 17.8. The summed E-state index contributed by atoms with van der Waals surface area (Å²) in [5.41, 5.74) is 0. The Morgan fingerprint density at radius 2 is 2.25 bits per heavy atom. The van der Waals surface area contributed by atoms with Gasteiger partial charge in [-0.3, -0.25) is 4.79 Å². The van der Waals surface area contributed by atoms with Gasteiger partial charge < -0.3 is 14.5 Å². The van der Waals surface area contributed by atoms with Crippen molar-refractivity contribution >= 4 is 5.91 Å². The van der Waals surface area contributed by atoms with Crippen LogP contribution in [0.15, 0.2) is 4.52 Å². The fraction of sp³-hybridized carbons (Fsp3) is 0.700. The van der Waals surface area contributed by atoms with Gasteiger partial charge in [-0.2, -0.15) is 4.98 Å². The quantitative estimate of drug-likeness (QED) is 0.770. The molecule has 0 atom stereocenters. The molecule has 0 bridgehead atoms. The summed E-state index contributed by atoms with van der Waals surface area (Å²) in [6.45, 7) is 2.65. The van der Waals surface area contributed by atoms with Crippen molar-refractivity contribution in [3.63, 3.8) is 0 Å². The predicted octanol–water partition coefficient (Wildman–Crippen LogP) is 0.0763. The van der Waals surface area contributed by atoms with Gasteiger partial charge >= 0.3 is 0 Å². The lowest BCUT2D eigenvalue weighted by atomic mass is 9.96. The molecule has 1 aliphatic heterocycles.